The average Bonchev–Trinajstić information content (AvgIpc) is 2.43. The van der Waals surface area contributed by atoms with Gasteiger partial charge in [0.2, 0.25) is 0 Å². The van der Waals surface area contributed by atoms with Crippen molar-refractivity contribution >= 4 is 19.8 Å². The molecule has 0 fully saturated rings. The maximum absolute atomic E-state index is 9.64. The van der Waals surface area contributed by atoms with Crippen LogP contribution in [0.2, 0.25) is 13.3 Å². The summed E-state index contributed by atoms with van der Waals surface area (Å²) in [5, 5.41) is 18.9. The van der Waals surface area contributed by atoms with Gasteiger partial charge in [-0.1, -0.05) is 13.8 Å². The van der Waals surface area contributed by atoms with Crippen LogP contribution in [-0.4, -0.2) is 35.6 Å². The van der Waals surface area contributed by atoms with E-state index in [4.69, 9.17) is 0 Å². The SMILES string of the molecule is CC1(O)C=C(O)CC(C)(C)C1.CCC[CH2][Sn]([CH2]CCC)[CH2]CCC. The molecule has 0 heterocycles. The molecule has 1 atom stereocenters. The van der Waals surface area contributed by atoms with Crippen LogP contribution in [0.25, 0.3) is 0 Å². The molecular formula is C21H43O2Sn. The van der Waals surface area contributed by atoms with Crippen LogP contribution < -0.4 is 0 Å². The Hall–Kier alpha value is 0.299. The standard InChI is InChI=1S/C9H16O2.3C4H9.Sn/c1-8(2)4-7(10)5-9(3,11)6-8;3*1-3-4-2;/h5,10-11H,4,6H2,1-3H3;3*1,3-4H2,2H3;. The first-order valence-corrected chi connectivity index (χ1v) is 16.2. The van der Waals surface area contributed by atoms with Gasteiger partial charge in [-0.15, -0.1) is 0 Å². The van der Waals surface area contributed by atoms with Gasteiger partial charge >= 0.3 is 92.4 Å². The second-order valence-electron chi connectivity index (χ2n) is 8.57. The van der Waals surface area contributed by atoms with E-state index in [1.54, 1.807) is 20.2 Å². The summed E-state index contributed by atoms with van der Waals surface area (Å²) in [5.41, 5.74) is -0.811. The van der Waals surface area contributed by atoms with Gasteiger partial charge in [0.25, 0.3) is 0 Å². The van der Waals surface area contributed by atoms with Crippen molar-refractivity contribution in [2.24, 2.45) is 5.41 Å². The van der Waals surface area contributed by atoms with Crippen molar-refractivity contribution in [2.75, 3.05) is 0 Å². The van der Waals surface area contributed by atoms with Gasteiger partial charge in [0, 0.05) is 6.42 Å². The molecule has 1 aliphatic rings. The Morgan fingerprint density at radius 2 is 1.33 bits per heavy atom. The van der Waals surface area contributed by atoms with E-state index < -0.39 is 25.4 Å². The van der Waals surface area contributed by atoms with Crippen LogP contribution in [0.1, 0.15) is 92.9 Å². The molecule has 0 aromatic rings. The molecule has 3 heteroatoms. The summed E-state index contributed by atoms with van der Waals surface area (Å²) in [6.07, 6.45) is 11.8. The first-order valence-electron chi connectivity index (χ1n) is 10.1. The fraction of sp³-hybridized carbons (Fsp3) is 0.905. The predicted octanol–water partition coefficient (Wildman–Crippen LogP) is 6.88. The van der Waals surface area contributed by atoms with Crippen molar-refractivity contribution in [3.8, 4) is 0 Å². The van der Waals surface area contributed by atoms with Crippen molar-refractivity contribution in [1.29, 1.82) is 0 Å². The molecule has 2 nitrogen and oxygen atoms in total. The van der Waals surface area contributed by atoms with Crippen LogP contribution >= 0.6 is 0 Å². The Kier molecular flexibility index (Phi) is 12.8. The predicted molar refractivity (Wildman–Crippen MR) is 109 cm³/mol. The second-order valence-corrected chi connectivity index (χ2v) is 17.1. The van der Waals surface area contributed by atoms with Crippen LogP contribution in [0, 0.1) is 5.41 Å². The number of hydrogen-bond donors (Lipinski definition) is 2. The molecule has 24 heavy (non-hydrogen) atoms. The summed E-state index contributed by atoms with van der Waals surface area (Å²) in [4.78, 5) is 0. The van der Waals surface area contributed by atoms with Crippen LogP contribution in [0.5, 0.6) is 0 Å². The molecular weight excluding hydrogens is 403 g/mol. The van der Waals surface area contributed by atoms with E-state index in [-0.39, 0.29) is 5.41 Å². The molecule has 1 radical (unpaired) electrons. The Balaban J connectivity index is 0.000000446. The van der Waals surface area contributed by atoms with Crippen molar-refractivity contribution in [3.63, 3.8) is 0 Å². The number of hydrogen-bond acceptors (Lipinski definition) is 2. The van der Waals surface area contributed by atoms with Gasteiger partial charge in [0.15, 0.2) is 0 Å². The van der Waals surface area contributed by atoms with E-state index in [0.29, 0.717) is 18.6 Å². The Bertz CT molecular complexity index is 329. The van der Waals surface area contributed by atoms with E-state index >= 15 is 0 Å². The molecule has 0 saturated carbocycles. The van der Waals surface area contributed by atoms with Gasteiger partial charge in [-0.25, -0.2) is 0 Å². The van der Waals surface area contributed by atoms with E-state index in [1.807, 2.05) is 13.8 Å². The maximum atomic E-state index is 9.64. The van der Waals surface area contributed by atoms with Crippen molar-refractivity contribution < 1.29 is 10.2 Å². The van der Waals surface area contributed by atoms with E-state index in [1.165, 1.54) is 44.6 Å². The second kappa shape index (κ2) is 12.6. The number of rotatable bonds is 9. The summed E-state index contributed by atoms with van der Waals surface area (Å²) in [6.45, 7) is 12.8. The summed E-state index contributed by atoms with van der Waals surface area (Å²) in [6, 6.07) is 0. The monoisotopic (exact) mass is 447 g/mol. The third-order valence-corrected chi connectivity index (χ3v) is 13.7. The fourth-order valence-corrected chi connectivity index (χ4v) is 13.1. The molecule has 0 amide bonds. The van der Waals surface area contributed by atoms with Gasteiger partial charge in [-0.3, -0.25) is 0 Å². The molecule has 1 rings (SSSR count). The van der Waals surface area contributed by atoms with Crippen molar-refractivity contribution in [2.45, 2.75) is 112 Å². The molecule has 0 aliphatic heterocycles. The molecule has 0 aromatic carbocycles. The zero-order chi connectivity index (χ0) is 18.6. The van der Waals surface area contributed by atoms with Gasteiger partial charge in [-0.2, -0.15) is 0 Å². The first kappa shape index (κ1) is 24.3. The first-order chi connectivity index (χ1) is 11.2. The fourth-order valence-electron chi connectivity index (χ4n) is 3.64. The van der Waals surface area contributed by atoms with Gasteiger partial charge in [0.1, 0.15) is 0 Å². The van der Waals surface area contributed by atoms with Crippen LogP contribution in [0.3, 0.4) is 0 Å². The molecule has 1 aliphatic carbocycles. The van der Waals surface area contributed by atoms with Crippen LogP contribution in [0.15, 0.2) is 11.8 Å². The van der Waals surface area contributed by atoms with Gasteiger partial charge < -0.3 is 10.2 Å². The minimum absolute atomic E-state index is 0.0162. The molecule has 1 unspecified atom stereocenters. The quantitative estimate of drug-likeness (QED) is 0.379. The number of aliphatic hydroxyl groups is 2. The van der Waals surface area contributed by atoms with Crippen molar-refractivity contribution in [1.82, 2.24) is 0 Å². The zero-order valence-corrected chi connectivity index (χ0v) is 20.1. The molecule has 0 spiro atoms. The summed E-state index contributed by atoms with van der Waals surface area (Å²) in [7, 11) is 0. The summed E-state index contributed by atoms with van der Waals surface area (Å²) >= 11 is -0.839. The molecule has 0 bridgehead atoms. The van der Waals surface area contributed by atoms with Crippen molar-refractivity contribution in [3.05, 3.63) is 11.8 Å². The molecule has 0 aromatic heterocycles. The average molecular weight is 446 g/mol. The van der Waals surface area contributed by atoms with Crippen LogP contribution in [-0.2, 0) is 0 Å². The van der Waals surface area contributed by atoms with Gasteiger partial charge in [0.05, 0.1) is 11.4 Å². The third-order valence-electron chi connectivity index (χ3n) is 4.63. The number of allylic oxidation sites excluding steroid dienone is 1. The van der Waals surface area contributed by atoms with E-state index in [2.05, 4.69) is 20.8 Å². The minimum atomic E-state index is -0.839. The van der Waals surface area contributed by atoms with E-state index in [9.17, 15) is 10.2 Å². The number of aliphatic hydroxyl groups excluding tert-OH is 1. The topological polar surface area (TPSA) is 40.5 Å². The third kappa shape index (κ3) is 12.6. The van der Waals surface area contributed by atoms with Gasteiger partial charge in [-0.05, 0) is 24.8 Å². The Morgan fingerprint density at radius 1 is 0.917 bits per heavy atom. The molecule has 2 N–H and O–H groups in total. The Morgan fingerprint density at radius 3 is 1.62 bits per heavy atom. The Labute approximate surface area is 158 Å². The summed E-state index contributed by atoms with van der Waals surface area (Å²) in [5.74, 6) is 0.311. The molecule has 143 valence electrons. The van der Waals surface area contributed by atoms with E-state index in [0.717, 1.165) is 0 Å². The zero-order valence-electron chi connectivity index (χ0n) is 17.2. The summed E-state index contributed by atoms with van der Waals surface area (Å²) < 4.78 is 5.04. The normalized spacial score (nSPS) is 22.8. The van der Waals surface area contributed by atoms with Crippen LogP contribution in [0.4, 0.5) is 0 Å². The number of unbranched alkanes of at least 4 members (excludes halogenated alkanes) is 3. The molecule has 0 saturated heterocycles.